The third-order valence-electron chi connectivity index (χ3n) is 4.08. The zero-order chi connectivity index (χ0) is 21.6. The van der Waals surface area contributed by atoms with Crippen LogP contribution in [0.15, 0.2) is 46.4 Å². The molecule has 2 rings (SSSR count). The maximum atomic E-state index is 12.6. The Morgan fingerprint density at radius 3 is 2.52 bits per heavy atom. The van der Waals surface area contributed by atoms with Gasteiger partial charge in [0.2, 0.25) is 10.0 Å². The number of phenols is 1. The molecule has 0 unspecified atom stereocenters. The summed E-state index contributed by atoms with van der Waals surface area (Å²) in [5.74, 6) is 0.0721. The summed E-state index contributed by atoms with van der Waals surface area (Å²) in [4.78, 5) is 12.1. The zero-order valence-electron chi connectivity index (χ0n) is 16.5. The minimum atomic E-state index is -3.87. The zero-order valence-corrected chi connectivity index (χ0v) is 17.4. The number of phenolic OH excluding ortho intramolecular Hbond substituents is 1. The largest absolute Gasteiger partial charge is 0.504 e. The summed E-state index contributed by atoms with van der Waals surface area (Å²) in [6, 6.07) is 9.26. The van der Waals surface area contributed by atoms with Crippen LogP contribution in [0.5, 0.6) is 17.2 Å². The summed E-state index contributed by atoms with van der Waals surface area (Å²) in [5.41, 5.74) is 3.23. The fraction of sp³-hybridized carbons (Fsp3) is 0.263. The van der Waals surface area contributed by atoms with Gasteiger partial charge in [-0.15, -0.1) is 0 Å². The number of aromatic hydroxyl groups is 1. The molecule has 0 atom stereocenters. The third kappa shape index (κ3) is 5.24. The number of carbonyl (C=O) groups excluding carboxylic acids is 1. The molecule has 156 valence electrons. The molecule has 0 saturated heterocycles. The lowest BCUT2D eigenvalue weighted by Gasteiger charge is -2.17. The number of hydrazone groups is 1. The molecular formula is C19H23N3O6S. The molecule has 0 heterocycles. The second-order valence-corrected chi connectivity index (χ2v) is 8.13. The van der Waals surface area contributed by atoms with E-state index < -0.39 is 22.5 Å². The maximum absolute atomic E-state index is 12.6. The van der Waals surface area contributed by atoms with E-state index in [1.165, 1.54) is 39.6 Å². The van der Waals surface area contributed by atoms with Gasteiger partial charge < -0.3 is 14.6 Å². The van der Waals surface area contributed by atoms with Crippen LogP contribution >= 0.6 is 0 Å². The number of methoxy groups -OCH3 is 2. The normalized spacial score (nSPS) is 11.6. The molecule has 0 saturated carbocycles. The highest BCUT2D eigenvalue weighted by molar-refractivity contribution is 7.89. The van der Waals surface area contributed by atoms with E-state index in [2.05, 4.69) is 10.5 Å². The van der Waals surface area contributed by atoms with E-state index in [-0.39, 0.29) is 16.4 Å². The average Bonchev–Trinajstić information content (AvgIpc) is 2.69. The molecular weight excluding hydrogens is 398 g/mol. The second-order valence-electron chi connectivity index (χ2n) is 6.08. The Morgan fingerprint density at radius 2 is 1.90 bits per heavy atom. The molecule has 29 heavy (non-hydrogen) atoms. The van der Waals surface area contributed by atoms with Gasteiger partial charge in [0.1, 0.15) is 5.75 Å². The van der Waals surface area contributed by atoms with Crippen LogP contribution in [0.25, 0.3) is 0 Å². The fourth-order valence-electron chi connectivity index (χ4n) is 2.50. The van der Waals surface area contributed by atoms with Crippen molar-refractivity contribution < 1.29 is 27.8 Å². The Morgan fingerprint density at radius 1 is 1.21 bits per heavy atom. The van der Waals surface area contributed by atoms with Crippen LogP contribution in [-0.2, 0) is 14.8 Å². The molecule has 0 fully saturated rings. The lowest BCUT2D eigenvalue weighted by atomic mass is 10.2. The monoisotopic (exact) mass is 421 g/mol. The van der Waals surface area contributed by atoms with E-state index >= 15 is 0 Å². The SMILES string of the molecule is COc1ccc(S(=O)(=O)N(C)CC(=O)NN=Cc2cccc(OC)c2O)cc1C. The van der Waals surface area contributed by atoms with Gasteiger partial charge in [-0.2, -0.15) is 9.41 Å². The van der Waals surface area contributed by atoms with E-state index in [4.69, 9.17) is 9.47 Å². The first-order valence-electron chi connectivity index (χ1n) is 8.49. The molecule has 0 bridgehead atoms. The first kappa shape index (κ1) is 22.2. The molecule has 0 radical (unpaired) electrons. The summed E-state index contributed by atoms with van der Waals surface area (Å²) in [6.45, 7) is 1.29. The van der Waals surface area contributed by atoms with Crippen molar-refractivity contribution in [1.82, 2.24) is 9.73 Å². The van der Waals surface area contributed by atoms with Crippen molar-refractivity contribution in [1.29, 1.82) is 0 Å². The molecule has 2 aromatic carbocycles. The lowest BCUT2D eigenvalue weighted by molar-refractivity contribution is -0.121. The predicted octanol–water partition coefficient (Wildman–Crippen LogP) is 1.49. The number of benzene rings is 2. The van der Waals surface area contributed by atoms with Crippen LogP contribution in [0, 0.1) is 6.92 Å². The number of carbonyl (C=O) groups is 1. The Hall–Kier alpha value is -3.11. The van der Waals surface area contributed by atoms with Crippen molar-refractivity contribution >= 4 is 22.1 Å². The number of aryl methyl sites for hydroxylation is 1. The Kier molecular flexibility index (Phi) is 7.18. The van der Waals surface area contributed by atoms with Gasteiger partial charge in [0.25, 0.3) is 5.91 Å². The number of hydrogen-bond donors (Lipinski definition) is 2. The van der Waals surface area contributed by atoms with Crippen LogP contribution in [0.1, 0.15) is 11.1 Å². The van der Waals surface area contributed by atoms with Gasteiger partial charge in [-0.25, -0.2) is 13.8 Å². The molecule has 0 aliphatic rings. The summed E-state index contributed by atoms with van der Waals surface area (Å²) < 4.78 is 36.3. The molecule has 1 amide bonds. The van der Waals surface area contributed by atoms with E-state index in [1.807, 2.05) is 0 Å². The number of likely N-dealkylation sites (N-methyl/N-ethyl adjacent to an activating group) is 1. The summed E-state index contributed by atoms with van der Waals surface area (Å²) in [6.07, 6.45) is 1.23. The van der Waals surface area contributed by atoms with Crippen LogP contribution in [-0.4, -0.2) is 57.8 Å². The highest BCUT2D eigenvalue weighted by atomic mass is 32.2. The molecule has 2 aromatic rings. The van der Waals surface area contributed by atoms with E-state index in [0.29, 0.717) is 16.9 Å². The number of nitrogens with one attached hydrogen (secondary N) is 1. The van der Waals surface area contributed by atoms with Crippen LogP contribution in [0.3, 0.4) is 0 Å². The van der Waals surface area contributed by atoms with Crippen molar-refractivity contribution in [3.05, 3.63) is 47.5 Å². The molecule has 0 spiro atoms. The number of sulfonamides is 1. The van der Waals surface area contributed by atoms with Crippen molar-refractivity contribution in [3.63, 3.8) is 0 Å². The Balaban J connectivity index is 2.04. The van der Waals surface area contributed by atoms with Crippen molar-refractivity contribution in [3.8, 4) is 17.2 Å². The van der Waals surface area contributed by atoms with Gasteiger partial charge in [-0.3, -0.25) is 4.79 Å². The fourth-order valence-corrected chi connectivity index (χ4v) is 3.71. The van der Waals surface area contributed by atoms with Crippen LogP contribution in [0.4, 0.5) is 0 Å². The van der Waals surface area contributed by atoms with Crippen molar-refractivity contribution in [2.45, 2.75) is 11.8 Å². The number of amides is 1. The average molecular weight is 421 g/mol. The lowest BCUT2D eigenvalue weighted by Crippen LogP contribution is -2.36. The summed E-state index contributed by atoms with van der Waals surface area (Å²) >= 11 is 0. The predicted molar refractivity (Wildman–Crippen MR) is 108 cm³/mol. The van der Waals surface area contributed by atoms with Crippen molar-refractivity contribution in [2.75, 3.05) is 27.8 Å². The van der Waals surface area contributed by atoms with E-state index in [9.17, 15) is 18.3 Å². The van der Waals surface area contributed by atoms with Gasteiger partial charge in [-0.1, -0.05) is 6.07 Å². The second kappa shape index (κ2) is 9.39. The minimum Gasteiger partial charge on any atom is -0.504 e. The quantitative estimate of drug-likeness (QED) is 0.493. The molecule has 9 nitrogen and oxygen atoms in total. The first-order chi connectivity index (χ1) is 13.7. The molecule has 2 N–H and O–H groups in total. The Bertz CT molecular complexity index is 1020. The molecule has 0 aromatic heterocycles. The van der Waals surface area contributed by atoms with Gasteiger partial charge in [-0.05, 0) is 42.8 Å². The highest BCUT2D eigenvalue weighted by Crippen LogP contribution is 2.28. The van der Waals surface area contributed by atoms with Crippen LogP contribution in [0.2, 0.25) is 0 Å². The highest BCUT2D eigenvalue weighted by Gasteiger charge is 2.23. The van der Waals surface area contributed by atoms with Gasteiger partial charge in [0.05, 0.1) is 31.9 Å². The van der Waals surface area contributed by atoms with E-state index in [0.717, 1.165) is 4.31 Å². The minimum absolute atomic E-state index is 0.0518. The number of rotatable bonds is 8. The van der Waals surface area contributed by atoms with Crippen molar-refractivity contribution in [2.24, 2.45) is 5.10 Å². The number of nitrogens with zero attached hydrogens (tertiary/aromatic N) is 2. The van der Waals surface area contributed by atoms with E-state index in [1.54, 1.807) is 31.2 Å². The summed E-state index contributed by atoms with van der Waals surface area (Å²) in [7, 11) is 0.346. The van der Waals surface area contributed by atoms with Gasteiger partial charge in [0.15, 0.2) is 11.5 Å². The first-order valence-corrected chi connectivity index (χ1v) is 9.93. The smallest absolute Gasteiger partial charge is 0.255 e. The molecule has 0 aliphatic heterocycles. The van der Waals surface area contributed by atoms with Gasteiger partial charge >= 0.3 is 0 Å². The molecule has 0 aliphatic carbocycles. The molecule has 10 heteroatoms. The number of hydrogen-bond acceptors (Lipinski definition) is 7. The maximum Gasteiger partial charge on any atom is 0.255 e. The number of para-hydroxylation sites is 1. The topological polar surface area (TPSA) is 118 Å². The Labute approximate surface area is 169 Å². The summed E-state index contributed by atoms with van der Waals surface area (Å²) in [5, 5.41) is 13.7. The third-order valence-corrected chi connectivity index (χ3v) is 5.88. The standard InChI is InChI=1S/C19H23N3O6S/c1-13-10-15(8-9-16(13)27-3)29(25,26)22(2)12-18(23)21-20-11-14-6-5-7-17(28-4)19(14)24/h5-11,24H,12H2,1-4H3,(H,21,23). The van der Waals surface area contributed by atoms with Crippen LogP contribution < -0.4 is 14.9 Å². The number of ether oxygens (including phenoxy) is 2. The van der Waals surface area contributed by atoms with Gasteiger partial charge in [0, 0.05) is 12.6 Å².